The molecule has 3 fully saturated rings. The summed E-state index contributed by atoms with van der Waals surface area (Å²) in [6.45, 7) is 5.75. The minimum atomic E-state index is -0.976. The molecule has 3 aliphatic heterocycles. The highest BCUT2D eigenvalue weighted by Gasteiger charge is 2.76. The molecule has 0 radical (unpaired) electrons. The lowest BCUT2D eigenvalue weighted by molar-refractivity contribution is -0.142. The van der Waals surface area contributed by atoms with Crippen molar-refractivity contribution >= 4 is 33.7 Å². The van der Waals surface area contributed by atoms with Crippen molar-refractivity contribution in [3.63, 3.8) is 0 Å². The van der Waals surface area contributed by atoms with Gasteiger partial charge in [0, 0.05) is 31.1 Å². The highest BCUT2D eigenvalue weighted by Crippen LogP contribution is 2.59. The first-order valence-corrected chi connectivity index (χ1v) is 13.1. The van der Waals surface area contributed by atoms with Crippen molar-refractivity contribution in [1.29, 1.82) is 0 Å². The fourth-order valence-electron chi connectivity index (χ4n) is 5.59. The molecule has 3 rings (SSSR count). The fraction of sp³-hybridized carbons (Fsp3) is 0.870. The third-order valence-corrected chi connectivity index (χ3v) is 7.87. The normalized spacial score (nSPS) is 32.9. The number of nitrogens with one attached hydrogen (secondary N) is 2. The Bertz CT molecular complexity index is 693. The van der Waals surface area contributed by atoms with E-state index in [9.17, 15) is 14.4 Å². The molecule has 0 aliphatic carbocycles. The van der Waals surface area contributed by atoms with Crippen LogP contribution in [0.4, 0.5) is 0 Å². The Hall–Kier alpha value is -1.19. The van der Waals surface area contributed by atoms with E-state index in [1.807, 2.05) is 6.92 Å². The summed E-state index contributed by atoms with van der Waals surface area (Å²) in [7, 11) is 0. The Balaban J connectivity index is 1.85. The number of halogens is 1. The maximum atomic E-state index is 13.6. The maximum Gasteiger partial charge on any atom is 0.245 e. The third kappa shape index (κ3) is 4.71. The molecule has 0 aromatic heterocycles. The van der Waals surface area contributed by atoms with Crippen LogP contribution < -0.4 is 10.6 Å². The number of ether oxygens (including phenoxy) is 1. The van der Waals surface area contributed by atoms with Gasteiger partial charge in [-0.25, -0.2) is 0 Å². The Labute approximate surface area is 199 Å². The molecule has 0 saturated carbocycles. The molecule has 32 heavy (non-hydrogen) atoms. The van der Waals surface area contributed by atoms with Gasteiger partial charge in [-0.1, -0.05) is 42.6 Å². The zero-order chi connectivity index (χ0) is 23.3. The Morgan fingerprint density at radius 2 is 1.84 bits per heavy atom. The molecule has 0 aromatic carbocycles. The molecule has 3 aliphatic rings. The molecular formula is C23H38BrN3O5. The van der Waals surface area contributed by atoms with Crippen LogP contribution in [-0.4, -0.2) is 76.5 Å². The van der Waals surface area contributed by atoms with Crippen LogP contribution in [0.25, 0.3) is 0 Å². The monoisotopic (exact) mass is 515 g/mol. The number of unbranched alkanes of at least 4 members (excludes halogenated alkanes) is 4. The number of rotatable bonds is 13. The smallest absolute Gasteiger partial charge is 0.245 e. The van der Waals surface area contributed by atoms with E-state index >= 15 is 0 Å². The van der Waals surface area contributed by atoms with Crippen LogP contribution in [0.1, 0.15) is 65.2 Å². The highest BCUT2D eigenvalue weighted by atomic mass is 79.9. The number of hydrogen-bond donors (Lipinski definition) is 3. The lowest BCUT2D eigenvalue weighted by Gasteiger charge is -2.34. The van der Waals surface area contributed by atoms with Crippen molar-refractivity contribution in [3.05, 3.63) is 0 Å². The van der Waals surface area contributed by atoms with E-state index in [2.05, 4.69) is 33.5 Å². The molecule has 9 heteroatoms. The molecule has 0 aromatic rings. The van der Waals surface area contributed by atoms with E-state index < -0.39 is 29.6 Å². The first kappa shape index (κ1) is 25.4. The predicted octanol–water partition coefficient (Wildman–Crippen LogP) is 1.73. The van der Waals surface area contributed by atoms with Gasteiger partial charge in [0.25, 0.3) is 0 Å². The molecular weight excluding hydrogens is 478 g/mol. The van der Waals surface area contributed by atoms with E-state index in [4.69, 9.17) is 9.84 Å². The van der Waals surface area contributed by atoms with Crippen molar-refractivity contribution in [2.24, 2.45) is 11.8 Å². The zero-order valence-corrected chi connectivity index (χ0v) is 20.9. The lowest BCUT2D eigenvalue weighted by atomic mass is 9.70. The van der Waals surface area contributed by atoms with E-state index in [0.29, 0.717) is 38.9 Å². The van der Waals surface area contributed by atoms with Crippen LogP contribution in [0.15, 0.2) is 0 Å². The van der Waals surface area contributed by atoms with Crippen LogP contribution in [-0.2, 0) is 19.1 Å². The second-order valence-corrected chi connectivity index (χ2v) is 10.4. The van der Waals surface area contributed by atoms with Gasteiger partial charge in [-0.05, 0) is 38.5 Å². The minimum Gasteiger partial charge on any atom is -0.396 e. The number of nitrogens with zero attached hydrogens (tertiary/aromatic N) is 1. The molecule has 3 amide bonds. The number of amides is 3. The summed E-state index contributed by atoms with van der Waals surface area (Å²) in [5.74, 6) is -1.73. The molecule has 8 nitrogen and oxygen atoms in total. The van der Waals surface area contributed by atoms with E-state index in [-0.39, 0.29) is 29.2 Å². The number of fused-ring (bicyclic) bond motifs is 1. The van der Waals surface area contributed by atoms with E-state index in [1.165, 1.54) is 0 Å². The van der Waals surface area contributed by atoms with Crippen LogP contribution in [0.3, 0.4) is 0 Å². The summed E-state index contributed by atoms with van der Waals surface area (Å²) < 4.78 is 6.43. The van der Waals surface area contributed by atoms with Gasteiger partial charge in [0.2, 0.25) is 17.7 Å². The van der Waals surface area contributed by atoms with Gasteiger partial charge in [-0.3, -0.25) is 14.4 Å². The van der Waals surface area contributed by atoms with Crippen LogP contribution in [0, 0.1) is 11.8 Å². The first-order valence-electron chi connectivity index (χ1n) is 12.2. The molecule has 2 bridgehead atoms. The molecule has 3 N–H and O–H groups in total. The molecule has 3 unspecified atom stereocenters. The van der Waals surface area contributed by atoms with Crippen molar-refractivity contribution in [2.45, 2.75) is 87.8 Å². The first-order chi connectivity index (χ1) is 15.4. The second kappa shape index (κ2) is 11.3. The maximum absolute atomic E-state index is 13.6. The topological polar surface area (TPSA) is 108 Å². The number of hydrogen-bond acceptors (Lipinski definition) is 5. The number of aliphatic hydroxyl groups is 1. The summed E-state index contributed by atoms with van der Waals surface area (Å²) >= 11 is 3.67. The molecule has 1 spiro atoms. The summed E-state index contributed by atoms with van der Waals surface area (Å²) in [5, 5.41) is 15.1. The molecule has 6 atom stereocenters. The molecule has 3 saturated heterocycles. The molecule has 3 heterocycles. The van der Waals surface area contributed by atoms with E-state index in [1.54, 1.807) is 4.90 Å². The zero-order valence-electron chi connectivity index (χ0n) is 19.3. The van der Waals surface area contributed by atoms with Crippen molar-refractivity contribution < 1.29 is 24.2 Å². The Morgan fingerprint density at radius 3 is 2.53 bits per heavy atom. The van der Waals surface area contributed by atoms with Gasteiger partial charge in [-0.2, -0.15) is 0 Å². The van der Waals surface area contributed by atoms with E-state index in [0.717, 1.165) is 32.1 Å². The van der Waals surface area contributed by atoms with Gasteiger partial charge in [-0.15, -0.1) is 0 Å². The average molecular weight is 516 g/mol. The fourth-order valence-corrected chi connectivity index (χ4v) is 6.53. The number of alkyl halides is 1. The largest absolute Gasteiger partial charge is 0.396 e. The van der Waals surface area contributed by atoms with Crippen molar-refractivity contribution in [2.75, 3.05) is 26.2 Å². The van der Waals surface area contributed by atoms with Crippen LogP contribution in [0.2, 0.25) is 0 Å². The number of aliphatic hydroxyl groups excluding tert-OH is 1. The lowest BCUT2D eigenvalue weighted by Crippen LogP contribution is -2.56. The average Bonchev–Trinajstić information content (AvgIpc) is 3.36. The highest BCUT2D eigenvalue weighted by molar-refractivity contribution is 9.09. The summed E-state index contributed by atoms with van der Waals surface area (Å²) in [5.41, 5.74) is -0.976. The number of likely N-dealkylation sites (tertiary alicyclic amines) is 1. The number of carbonyl (C=O) groups excluding carboxylic acids is 3. The van der Waals surface area contributed by atoms with Crippen LogP contribution >= 0.6 is 15.9 Å². The molecule has 182 valence electrons. The van der Waals surface area contributed by atoms with Gasteiger partial charge in [0.1, 0.15) is 11.6 Å². The number of carbonyl (C=O) groups is 3. The van der Waals surface area contributed by atoms with Crippen molar-refractivity contribution in [1.82, 2.24) is 15.5 Å². The second-order valence-electron chi connectivity index (χ2n) is 9.27. The van der Waals surface area contributed by atoms with Gasteiger partial charge in [0.05, 0.1) is 17.9 Å². The van der Waals surface area contributed by atoms with Gasteiger partial charge < -0.3 is 25.4 Å². The SMILES string of the molecule is CCCCCNC(=O)C1N(CCCCCO)C(=O)[C@@H]2[C@H](C(=O)NCCC)[C@H]3OC12CC3Br. The summed E-state index contributed by atoms with van der Waals surface area (Å²) in [6, 6.07) is -0.732. The van der Waals surface area contributed by atoms with Gasteiger partial charge in [0.15, 0.2) is 0 Å². The van der Waals surface area contributed by atoms with Gasteiger partial charge >= 0.3 is 0 Å². The standard InChI is InChI=1S/C23H38BrN3O5/c1-3-5-7-11-26-21(30)19-23-14-15(24)18(32-23)16(20(29)25-10-4-2)17(23)22(31)27(19)12-8-6-9-13-28/h15-19,28H,3-14H2,1-2H3,(H,25,29)(H,26,30)/t15?,16-,17-,18-,19?,23?/m0/s1. The Kier molecular flexibility index (Phi) is 8.97. The third-order valence-electron chi connectivity index (χ3n) is 7.03. The summed E-state index contributed by atoms with van der Waals surface area (Å²) in [6.07, 6.45) is 6.05. The van der Waals surface area contributed by atoms with Crippen LogP contribution in [0.5, 0.6) is 0 Å². The predicted molar refractivity (Wildman–Crippen MR) is 124 cm³/mol. The quantitative estimate of drug-likeness (QED) is 0.255. The van der Waals surface area contributed by atoms with Crippen molar-refractivity contribution in [3.8, 4) is 0 Å². The minimum absolute atomic E-state index is 0.0753. The Morgan fingerprint density at radius 1 is 1.09 bits per heavy atom. The summed E-state index contributed by atoms with van der Waals surface area (Å²) in [4.78, 5) is 41.7.